The van der Waals surface area contributed by atoms with Crippen LogP contribution in [-0.2, 0) is 37.0 Å². The van der Waals surface area contributed by atoms with Gasteiger partial charge in [0.05, 0.1) is 30.9 Å². The molecule has 3 aliphatic heterocycles. The third kappa shape index (κ3) is 8.13. The van der Waals surface area contributed by atoms with Gasteiger partial charge in [-0.25, -0.2) is 9.69 Å². The molecule has 3 saturated heterocycles. The molecule has 3 fully saturated rings. The van der Waals surface area contributed by atoms with E-state index in [0.717, 1.165) is 41.2 Å². The third-order valence-corrected chi connectivity index (χ3v) is 9.56. The molecule has 3 aromatic carbocycles. The largest absolute Gasteiger partial charge is 0.445 e. The van der Waals surface area contributed by atoms with Gasteiger partial charge >= 0.3 is 6.09 Å². The van der Waals surface area contributed by atoms with Crippen LogP contribution in [0.5, 0.6) is 0 Å². The Morgan fingerprint density at radius 3 is 2.33 bits per heavy atom. The van der Waals surface area contributed by atoms with Crippen molar-refractivity contribution >= 4 is 23.6 Å². The fourth-order valence-electron chi connectivity index (χ4n) is 6.81. The Morgan fingerprint density at radius 1 is 0.875 bits per heavy atom. The number of nitrogens with one attached hydrogen (secondary N) is 1. The lowest BCUT2D eigenvalue weighted by molar-refractivity contribution is -0.276. The van der Waals surface area contributed by atoms with Gasteiger partial charge in [0.15, 0.2) is 6.29 Å². The van der Waals surface area contributed by atoms with Gasteiger partial charge in [-0.2, -0.15) is 0 Å². The highest BCUT2D eigenvalue weighted by atomic mass is 16.7. The number of ether oxygens (including phenoxy) is 3. The molecule has 3 aromatic rings. The normalized spacial score (nSPS) is 25.4. The Balaban J connectivity index is 1.18. The standard InChI is InChI=1S/C38H45N3O7/c1-26-33(23-40-19-8-3-2-4-9-20-40)47-37(48-35(26)29-17-15-27(24-42)16-18-29)30-13-10-14-31(21-30)41-34(43)22-32(36(41)44)39-38(45)46-25-28-11-6-5-7-12-28/h5-7,10-18,21,26,32-33,35,37,42H,2-4,8-9,19-20,22-25H2,1H3,(H,39,45)/t26-,32?,33+,35+,37+/m1/s1. The van der Waals surface area contributed by atoms with Gasteiger partial charge in [0.25, 0.3) is 5.91 Å². The predicted octanol–water partition coefficient (Wildman–Crippen LogP) is 5.79. The Kier molecular flexibility index (Phi) is 11.2. The van der Waals surface area contributed by atoms with Crippen LogP contribution in [0.2, 0.25) is 0 Å². The van der Waals surface area contributed by atoms with E-state index in [0.29, 0.717) is 11.3 Å². The van der Waals surface area contributed by atoms with Gasteiger partial charge in [0.1, 0.15) is 12.6 Å². The minimum Gasteiger partial charge on any atom is -0.445 e. The van der Waals surface area contributed by atoms with E-state index in [2.05, 4.69) is 17.1 Å². The first-order valence-corrected chi connectivity index (χ1v) is 17.1. The summed E-state index contributed by atoms with van der Waals surface area (Å²) >= 11 is 0. The van der Waals surface area contributed by atoms with Crippen molar-refractivity contribution in [2.75, 3.05) is 24.5 Å². The molecule has 48 heavy (non-hydrogen) atoms. The second kappa shape index (κ2) is 15.9. The summed E-state index contributed by atoms with van der Waals surface area (Å²) in [7, 11) is 0. The van der Waals surface area contributed by atoms with Crippen molar-refractivity contribution in [2.24, 2.45) is 5.92 Å². The van der Waals surface area contributed by atoms with Crippen LogP contribution in [0.1, 0.15) is 80.1 Å². The summed E-state index contributed by atoms with van der Waals surface area (Å²) in [4.78, 5) is 42.6. The molecule has 2 N–H and O–H groups in total. The summed E-state index contributed by atoms with van der Waals surface area (Å²) in [5.41, 5.74) is 3.72. The van der Waals surface area contributed by atoms with Crippen LogP contribution >= 0.6 is 0 Å². The lowest BCUT2D eigenvalue weighted by atomic mass is 9.89. The zero-order valence-corrected chi connectivity index (χ0v) is 27.5. The summed E-state index contributed by atoms with van der Waals surface area (Å²) in [5, 5.41) is 12.1. The van der Waals surface area contributed by atoms with Gasteiger partial charge in [0, 0.05) is 18.0 Å². The molecule has 254 valence electrons. The fourth-order valence-corrected chi connectivity index (χ4v) is 6.81. The molecule has 0 radical (unpaired) electrons. The van der Waals surface area contributed by atoms with E-state index < -0.39 is 30.2 Å². The Hall–Kier alpha value is -4.09. The average Bonchev–Trinajstić information content (AvgIpc) is 3.37. The molecule has 0 saturated carbocycles. The second-order valence-corrected chi connectivity index (χ2v) is 13.0. The zero-order valence-electron chi connectivity index (χ0n) is 27.5. The summed E-state index contributed by atoms with van der Waals surface area (Å²) in [6, 6.07) is 23.1. The number of carbonyl (C=O) groups is 3. The number of aliphatic hydroxyl groups is 1. The number of carbonyl (C=O) groups excluding carboxylic acids is 3. The van der Waals surface area contributed by atoms with Crippen LogP contribution in [0.15, 0.2) is 78.9 Å². The number of hydrogen-bond donors (Lipinski definition) is 2. The lowest BCUT2D eigenvalue weighted by Crippen LogP contribution is -2.45. The lowest BCUT2D eigenvalue weighted by Gasteiger charge is -2.43. The highest BCUT2D eigenvalue weighted by Gasteiger charge is 2.42. The predicted molar refractivity (Wildman–Crippen MR) is 180 cm³/mol. The van der Waals surface area contributed by atoms with Crippen molar-refractivity contribution in [1.29, 1.82) is 0 Å². The number of anilines is 1. The van der Waals surface area contributed by atoms with Crippen molar-refractivity contribution in [2.45, 2.75) is 83.2 Å². The Bertz CT molecular complexity index is 1540. The number of nitrogens with zero attached hydrogens (tertiary/aromatic N) is 2. The third-order valence-electron chi connectivity index (χ3n) is 9.56. The summed E-state index contributed by atoms with van der Waals surface area (Å²) < 4.78 is 18.6. The topological polar surface area (TPSA) is 118 Å². The van der Waals surface area contributed by atoms with Crippen LogP contribution in [0, 0.1) is 5.92 Å². The molecule has 6 rings (SSSR count). The van der Waals surface area contributed by atoms with E-state index in [1.807, 2.05) is 60.7 Å². The monoisotopic (exact) mass is 655 g/mol. The van der Waals surface area contributed by atoms with Crippen LogP contribution in [0.3, 0.4) is 0 Å². The highest BCUT2D eigenvalue weighted by Crippen LogP contribution is 2.42. The molecular formula is C38H45N3O7. The van der Waals surface area contributed by atoms with Crippen LogP contribution in [-0.4, -0.2) is 59.7 Å². The van der Waals surface area contributed by atoms with Gasteiger partial charge in [-0.1, -0.05) is 92.9 Å². The van der Waals surface area contributed by atoms with Gasteiger partial charge in [-0.15, -0.1) is 0 Å². The Labute approximate surface area is 282 Å². The average molecular weight is 656 g/mol. The summed E-state index contributed by atoms with van der Waals surface area (Å²) in [6.45, 7) is 5.04. The van der Waals surface area contributed by atoms with Crippen molar-refractivity contribution in [3.63, 3.8) is 0 Å². The number of rotatable bonds is 9. The molecule has 0 spiro atoms. The van der Waals surface area contributed by atoms with Crippen LogP contribution < -0.4 is 10.2 Å². The maximum Gasteiger partial charge on any atom is 0.408 e. The molecule has 3 heterocycles. The number of benzene rings is 3. The molecule has 10 heteroatoms. The van der Waals surface area contributed by atoms with Gasteiger partial charge in [-0.05, 0) is 54.8 Å². The van der Waals surface area contributed by atoms with E-state index in [9.17, 15) is 19.5 Å². The van der Waals surface area contributed by atoms with Crippen molar-refractivity contribution < 1.29 is 33.7 Å². The molecule has 5 atom stereocenters. The van der Waals surface area contributed by atoms with E-state index in [4.69, 9.17) is 14.2 Å². The SMILES string of the molecule is C[C@@H]1[C@H](CN2CCCCCCC2)O[C@H](c2cccc(N3C(=O)CC(NC(=O)OCc4ccccc4)C3=O)c2)O[C@@H]1c1ccc(CO)cc1. The molecule has 3 aliphatic rings. The first-order chi connectivity index (χ1) is 23.4. The summed E-state index contributed by atoms with van der Waals surface area (Å²) in [6.07, 6.45) is 4.07. The molecule has 1 unspecified atom stereocenters. The first-order valence-electron chi connectivity index (χ1n) is 17.1. The Morgan fingerprint density at radius 2 is 1.60 bits per heavy atom. The number of likely N-dealkylation sites (tertiary alicyclic amines) is 1. The highest BCUT2D eigenvalue weighted by molar-refractivity contribution is 6.22. The molecule has 0 aliphatic carbocycles. The number of amides is 3. The van der Waals surface area contributed by atoms with Crippen molar-refractivity contribution in [3.05, 3.63) is 101 Å². The number of aliphatic hydroxyl groups excluding tert-OH is 1. The van der Waals surface area contributed by atoms with E-state index in [1.54, 1.807) is 18.2 Å². The minimum atomic E-state index is -1.03. The smallest absolute Gasteiger partial charge is 0.408 e. The fraction of sp³-hybridized carbons (Fsp3) is 0.447. The molecule has 10 nitrogen and oxygen atoms in total. The van der Waals surface area contributed by atoms with Crippen molar-refractivity contribution in [3.8, 4) is 0 Å². The first kappa shape index (κ1) is 33.8. The second-order valence-electron chi connectivity index (χ2n) is 13.0. The quantitative estimate of drug-likeness (QED) is 0.278. The number of alkyl carbamates (subject to hydrolysis) is 1. The zero-order chi connectivity index (χ0) is 33.5. The maximum atomic E-state index is 13.4. The van der Waals surface area contributed by atoms with E-state index >= 15 is 0 Å². The van der Waals surface area contributed by atoms with Gasteiger partial charge < -0.3 is 29.5 Å². The van der Waals surface area contributed by atoms with E-state index in [-0.39, 0.29) is 37.8 Å². The molecule has 0 bridgehead atoms. The molecular weight excluding hydrogens is 610 g/mol. The van der Waals surface area contributed by atoms with Crippen LogP contribution in [0.25, 0.3) is 0 Å². The van der Waals surface area contributed by atoms with E-state index in [1.165, 1.54) is 32.1 Å². The van der Waals surface area contributed by atoms with Crippen molar-refractivity contribution in [1.82, 2.24) is 10.2 Å². The number of imide groups is 1. The van der Waals surface area contributed by atoms with Gasteiger partial charge in [0.2, 0.25) is 5.91 Å². The minimum absolute atomic E-state index is 0.0311. The number of hydrogen-bond acceptors (Lipinski definition) is 8. The van der Waals surface area contributed by atoms with Crippen LogP contribution in [0.4, 0.5) is 10.5 Å². The maximum absolute atomic E-state index is 13.4. The molecule has 3 amide bonds. The molecule has 0 aromatic heterocycles. The summed E-state index contributed by atoms with van der Waals surface area (Å²) in [5.74, 6) is -0.892. The van der Waals surface area contributed by atoms with Gasteiger partial charge in [-0.3, -0.25) is 9.59 Å².